The van der Waals surface area contributed by atoms with Gasteiger partial charge in [0.2, 0.25) is 5.89 Å². The third-order valence-electron chi connectivity index (χ3n) is 2.85. The molecule has 1 aromatic heterocycles. The number of nitrogen functional groups attached to an aromatic ring is 1. The number of nitrogens with one attached hydrogen (secondary N) is 1. The minimum absolute atomic E-state index is 0.333. The van der Waals surface area contributed by atoms with Crippen LogP contribution in [-0.2, 0) is 17.7 Å². The van der Waals surface area contributed by atoms with Gasteiger partial charge in [-0.05, 0) is 18.2 Å². The molecule has 2 aromatic rings. The van der Waals surface area contributed by atoms with Crippen LogP contribution >= 0.6 is 0 Å². The number of benzene rings is 1. The van der Waals surface area contributed by atoms with E-state index in [1.165, 1.54) is 7.11 Å². The maximum absolute atomic E-state index is 11.5. The van der Waals surface area contributed by atoms with Crippen molar-refractivity contribution in [3.05, 3.63) is 41.6 Å². The van der Waals surface area contributed by atoms with E-state index in [2.05, 4.69) is 15.0 Å². The number of carbonyl (C=O) groups excluding carboxylic acids is 1. The Kier molecular flexibility index (Phi) is 4.24. The summed E-state index contributed by atoms with van der Waals surface area (Å²) in [5.74, 6) is 0.975. The van der Waals surface area contributed by atoms with Crippen LogP contribution in [0.25, 0.3) is 0 Å². The molecule has 0 saturated carbocycles. The summed E-state index contributed by atoms with van der Waals surface area (Å²) >= 11 is 0. The molecular weight excluding hydrogens is 258 g/mol. The number of methoxy groups -OCH3 is 1. The number of carbonyl (C=O) groups is 1. The highest BCUT2D eigenvalue weighted by Crippen LogP contribution is 2.19. The zero-order chi connectivity index (χ0) is 14.5. The van der Waals surface area contributed by atoms with E-state index in [1.54, 1.807) is 24.4 Å². The van der Waals surface area contributed by atoms with Crippen LogP contribution in [0.3, 0.4) is 0 Å². The van der Waals surface area contributed by atoms with E-state index in [4.69, 9.17) is 10.2 Å². The number of nitrogens with two attached hydrogens (primary N) is 1. The summed E-state index contributed by atoms with van der Waals surface area (Å²) in [6.07, 6.45) is 2.52. The van der Waals surface area contributed by atoms with E-state index < -0.39 is 5.97 Å². The largest absolute Gasteiger partial charge is 0.465 e. The van der Waals surface area contributed by atoms with Crippen molar-refractivity contribution < 1.29 is 13.9 Å². The van der Waals surface area contributed by atoms with E-state index in [9.17, 15) is 4.79 Å². The normalized spacial score (nSPS) is 10.3. The van der Waals surface area contributed by atoms with Crippen molar-refractivity contribution in [2.24, 2.45) is 0 Å². The zero-order valence-corrected chi connectivity index (χ0v) is 11.5. The van der Waals surface area contributed by atoms with Crippen LogP contribution in [0.1, 0.15) is 28.9 Å². The summed E-state index contributed by atoms with van der Waals surface area (Å²) in [5.41, 5.74) is 7.20. The Morgan fingerprint density at radius 2 is 2.30 bits per heavy atom. The van der Waals surface area contributed by atoms with Gasteiger partial charge in [0.25, 0.3) is 0 Å². The maximum Gasteiger partial charge on any atom is 0.340 e. The number of anilines is 2. The molecule has 0 atom stereocenters. The van der Waals surface area contributed by atoms with Crippen LogP contribution in [0.2, 0.25) is 0 Å². The highest BCUT2D eigenvalue weighted by molar-refractivity contribution is 5.96. The lowest BCUT2D eigenvalue weighted by Crippen LogP contribution is -2.07. The van der Waals surface area contributed by atoms with Crippen molar-refractivity contribution in [3.63, 3.8) is 0 Å². The third-order valence-corrected chi connectivity index (χ3v) is 2.85. The van der Waals surface area contributed by atoms with E-state index in [1.807, 2.05) is 6.92 Å². The molecule has 0 radical (unpaired) electrons. The standard InChI is InChI=1S/C14H17N3O3/c1-3-10-7-17-13(20-10)8-16-9-4-5-12(15)11(6-9)14(18)19-2/h4-7,16H,3,8,15H2,1-2H3. The molecule has 0 spiro atoms. The van der Waals surface area contributed by atoms with Crippen LogP contribution in [0.4, 0.5) is 11.4 Å². The van der Waals surface area contributed by atoms with Gasteiger partial charge in [-0.2, -0.15) is 0 Å². The molecule has 6 heteroatoms. The molecular formula is C14H17N3O3. The van der Waals surface area contributed by atoms with E-state index in [-0.39, 0.29) is 0 Å². The lowest BCUT2D eigenvalue weighted by molar-refractivity contribution is 0.0602. The summed E-state index contributed by atoms with van der Waals surface area (Å²) < 4.78 is 10.2. The van der Waals surface area contributed by atoms with Crippen molar-refractivity contribution in [2.45, 2.75) is 19.9 Å². The van der Waals surface area contributed by atoms with Gasteiger partial charge in [-0.15, -0.1) is 0 Å². The number of ether oxygens (including phenoxy) is 1. The average Bonchev–Trinajstić information content (AvgIpc) is 2.93. The molecule has 0 amide bonds. The van der Waals surface area contributed by atoms with E-state index >= 15 is 0 Å². The van der Waals surface area contributed by atoms with Crippen molar-refractivity contribution in [3.8, 4) is 0 Å². The molecule has 0 saturated heterocycles. The topological polar surface area (TPSA) is 90.4 Å². The second-order valence-corrected chi connectivity index (χ2v) is 4.22. The number of oxazole rings is 1. The Bertz CT molecular complexity index is 607. The minimum atomic E-state index is -0.462. The molecule has 0 aliphatic rings. The quantitative estimate of drug-likeness (QED) is 0.642. The molecule has 0 bridgehead atoms. The van der Waals surface area contributed by atoms with Gasteiger partial charge in [0, 0.05) is 17.8 Å². The van der Waals surface area contributed by atoms with E-state index in [0.29, 0.717) is 23.7 Å². The molecule has 3 N–H and O–H groups in total. The molecule has 2 rings (SSSR count). The Hall–Kier alpha value is -2.50. The number of esters is 1. The Morgan fingerprint density at radius 3 is 2.95 bits per heavy atom. The molecule has 0 unspecified atom stereocenters. The summed E-state index contributed by atoms with van der Waals surface area (Å²) in [6, 6.07) is 5.08. The first-order valence-electron chi connectivity index (χ1n) is 6.29. The number of hydrogen-bond acceptors (Lipinski definition) is 6. The Morgan fingerprint density at radius 1 is 1.50 bits per heavy atom. The Balaban J connectivity index is 2.08. The molecule has 0 fully saturated rings. The van der Waals surface area contributed by atoms with Gasteiger partial charge in [0.15, 0.2) is 0 Å². The smallest absolute Gasteiger partial charge is 0.340 e. The fourth-order valence-electron chi connectivity index (χ4n) is 1.72. The van der Waals surface area contributed by atoms with Crippen LogP contribution in [-0.4, -0.2) is 18.1 Å². The van der Waals surface area contributed by atoms with Gasteiger partial charge in [0.1, 0.15) is 5.76 Å². The third kappa shape index (κ3) is 3.09. The fourth-order valence-corrected chi connectivity index (χ4v) is 1.72. The molecule has 106 valence electrons. The van der Waals surface area contributed by atoms with Gasteiger partial charge >= 0.3 is 5.97 Å². The molecule has 1 heterocycles. The summed E-state index contributed by atoms with van der Waals surface area (Å²) in [7, 11) is 1.32. The number of rotatable bonds is 5. The zero-order valence-electron chi connectivity index (χ0n) is 11.5. The summed E-state index contributed by atoms with van der Waals surface area (Å²) in [4.78, 5) is 15.7. The number of aromatic nitrogens is 1. The second-order valence-electron chi connectivity index (χ2n) is 4.22. The summed E-state index contributed by atoms with van der Waals surface area (Å²) in [5, 5.41) is 3.13. The molecule has 6 nitrogen and oxygen atoms in total. The number of hydrogen-bond donors (Lipinski definition) is 2. The van der Waals surface area contributed by atoms with Crippen molar-refractivity contribution >= 4 is 17.3 Å². The van der Waals surface area contributed by atoms with Crippen molar-refractivity contribution in [1.29, 1.82) is 0 Å². The van der Waals surface area contributed by atoms with Crippen LogP contribution < -0.4 is 11.1 Å². The molecule has 1 aromatic carbocycles. The number of aryl methyl sites for hydroxylation is 1. The predicted molar refractivity (Wildman–Crippen MR) is 75.4 cm³/mol. The van der Waals surface area contributed by atoms with Crippen LogP contribution in [0.15, 0.2) is 28.8 Å². The predicted octanol–water partition coefficient (Wildman–Crippen LogP) is 2.22. The fraction of sp³-hybridized carbons (Fsp3) is 0.286. The van der Waals surface area contributed by atoms with Crippen LogP contribution in [0, 0.1) is 0 Å². The van der Waals surface area contributed by atoms with Crippen LogP contribution in [0.5, 0.6) is 0 Å². The number of nitrogens with zero attached hydrogens (tertiary/aromatic N) is 1. The minimum Gasteiger partial charge on any atom is -0.465 e. The lowest BCUT2D eigenvalue weighted by atomic mass is 10.1. The second kappa shape index (κ2) is 6.10. The summed E-state index contributed by atoms with van der Waals surface area (Å²) in [6.45, 7) is 2.44. The molecule has 0 aliphatic carbocycles. The highest BCUT2D eigenvalue weighted by Gasteiger charge is 2.11. The first-order chi connectivity index (χ1) is 9.63. The highest BCUT2D eigenvalue weighted by atomic mass is 16.5. The molecule has 0 aliphatic heterocycles. The van der Waals surface area contributed by atoms with Gasteiger partial charge in [-0.25, -0.2) is 9.78 Å². The van der Waals surface area contributed by atoms with Gasteiger partial charge in [-0.3, -0.25) is 0 Å². The average molecular weight is 275 g/mol. The molecule has 20 heavy (non-hydrogen) atoms. The van der Waals surface area contributed by atoms with Crippen molar-refractivity contribution in [2.75, 3.05) is 18.2 Å². The van der Waals surface area contributed by atoms with Gasteiger partial charge in [0.05, 0.1) is 25.4 Å². The van der Waals surface area contributed by atoms with Gasteiger partial charge < -0.3 is 20.2 Å². The Labute approximate surface area is 116 Å². The lowest BCUT2D eigenvalue weighted by Gasteiger charge is -2.08. The first-order valence-corrected chi connectivity index (χ1v) is 6.29. The SMILES string of the molecule is CCc1cnc(CNc2ccc(N)c(C(=O)OC)c2)o1. The monoisotopic (exact) mass is 275 g/mol. The first kappa shape index (κ1) is 13.9. The van der Waals surface area contributed by atoms with E-state index in [0.717, 1.165) is 17.9 Å². The maximum atomic E-state index is 11.5. The van der Waals surface area contributed by atoms with Gasteiger partial charge in [-0.1, -0.05) is 6.92 Å². The van der Waals surface area contributed by atoms with Crippen molar-refractivity contribution in [1.82, 2.24) is 4.98 Å².